The molecule has 2 aliphatic rings. The van der Waals surface area contributed by atoms with Gasteiger partial charge < -0.3 is 5.32 Å². The molecule has 0 aliphatic carbocycles. The topological polar surface area (TPSA) is 15.0 Å². The maximum atomic E-state index is 3.07. The van der Waals surface area contributed by atoms with Crippen LogP contribution in [0.15, 0.2) is 0 Å². The second-order valence-electron chi connectivity index (χ2n) is 3.39. The molecule has 0 bridgehead atoms. The highest BCUT2D eigenvalue weighted by Gasteiger charge is 2.41. The van der Waals surface area contributed by atoms with Crippen molar-refractivity contribution in [3.05, 3.63) is 0 Å². The van der Waals surface area contributed by atoms with Crippen LogP contribution in [0.1, 0.15) is 26.2 Å². The van der Waals surface area contributed by atoms with Crippen LogP contribution in [0, 0.1) is 0 Å². The monoisotopic (exact) mass is 156 g/mol. The molecule has 0 aromatic rings. The summed E-state index contributed by atoms with van der Waals surface area (Å²) in [7, 11) is 1.98. The van der Waals surface area contributed by atoms with Crippen LogP contribution < -0.4 is 5.32 Å². The van der Waals surface area contributed by atoms with Crippen molar-refractivity contribution in [3.63, 3.8) is 0 Å². The first-order valence-electron chi connectivity index (χ1n) is 4.77. The van der Waals surface area contributed by atoms with E-state index in [9.17, 15) is 0 Å². The van der Waals surface area contributed by atoms with Crippen LogP contribution >= 0.6 is 0 Å². The summed E-state index contributed by atoms with van der Waals surface area (Å²) < 4.78 is 0. The molecule has 2 saturated heterocycles. The maximum Gasteiger partial charge on any atom is 0.0236 e. The molecule has 2 atom stereocenters. The number of hydrogen-bond donors (Lipinski definition) is 1. The molecule has 0 radical (unpaired) electrons. The van der Waals surface area contributed by atoms with Crippen LogP contribution in [0.5, 0.6) is 0 Å². The van der Waals surface area contributed by atoms with Crippen LogP contribution in [-0.2, 0) is 0 Å². The summed E-state index contributed by atoms with van der Waals surface area (Å²) in [6.45, 7) is 6.17. The van der Waals surface area contributed by atoms with Gasteiger partial charge in [-0.2, -0.15) is 0 Å². The van der Waals surface area contributed by atoms with Crippen molar-refractivity contribution < 1.29 is 0 Å². The highest BCUT2D eigenvalue weighted by atomic mass is 15.4. The van der Waals surface area contributed by atoms with Gasteiger partial charge in [0.15, 0.2) is 0 Å². The third-order valence-corrected chi connectivity index (χ3v) is 2.36. The largest absolute Gasteiger partial charge is 0.320 e. The van der Waals surface area contributed by atoms with Crippen molar-refractivity contribution in [3.8, 4) is 0 Å². The quantitative estimate of drug-likeness (QED) is 0.486. The molecule has 0 aromatic heterocycles. The molecule has 2 nitrogen and oxygen atoms in total. The number of hydrogen-bond acceptors (Lipinski definition) is 2. The van der Waals surface area contributed by atoms with E-state index in [4.69, 9.17) is 0 Å². The number of fused-ring (bicyclic) bond motifs is 1. The predicted octanol–water partition coefficient (Wildman–Crippen LogP) is 1.08. The first-order valence-corrected chi connectivity index (χ1v) is 4.77. The molecule has 1 N–H and O–H groups in total. The van der Waals surface area contributed by atoms with Crippen molar-refractivity contribution in [2.45, 2.75) is 32.2 Å². The SMILES string of the molecule is C1CN2CC12.CCCCNC. The second-order valence-corrected chi connectivity index (χ2v) is 3.39. The first-order chi connectivity index (χ1) is 5.38. The summed E-state index contributed by atoms with van der Waals surface area (Å²) in [4.78, 5) is 2.47. The Bertz CT molecular complexity index is 87.7. The number of unbranched alkanes of at least 4 members (excludes halogenated alkanes) is 1. The Morgan fingerprint density at radius 2 is 2.27 bits per heavy atom. The lowest BCUT2D eigenvalue weighted by Crippen LogP contribution is -2.16. The fourth-order valence-corrected chi connectivity index (χ4v) is 1.25. The fourth-order valence-electron chi connectivity index (χ4n) is 1.25. The molecule has 2 aliphatic heterocycles. The normalized spacial score (nSPS) is 31.1. The lowest BCUT2D eigenvalue weighted by atomic mass is 10.3. The predicted molar refractivity (Wildman–Crippen MR) is 48.8 cm³/mol. The fraction of sp³-hybridized carbons (Fsp3) is 1.00. The standard InChI is InChI=1S/C5H13N.C4H7N/c1-3-4-5-6-2;1-2-5-3-4(1)5/h6H,3-5H2,1-2H3;4H,1-3H2. The Morgan fingerprint density at radius 3 is 2.36 bits per heavy atom. The zero-order chi connectivity index (χ0) is 8.10. The molecule has 11 heavy (non-hydrogen) atoms. The molecule has 0 saturated carbocycles. The van der Waals surface area contributed by atoms with E-state index in [-0.39, 0.29) is 0 Å². The Kier molecular flexibility index (Phi) is 3.87. The van der Waals surface area contributed by atoms with E-state index in [1.165, 1.54) is 32.4 Å². The lowest BCUT2D eigenvalue weighted by molar-refractivity contribution is 0.382. The van der Waals surface area contributed by atoms with Crippen LogP contribution in [0.3, 0.4) is 0 Å². The summed E-state index contributed by atoms with van der Waals surface area (Å²) >= 11 is 0. The van der Waals surface area contributed by atoms with Gasteiger partial charge in [-0.3, -0.25) is 4.90 Å². The first kappa shape index (κ1) is 9.01. The summed E-state index contributed by atoms with van der Waals surface area (Å²) in [6.07, 6.45) is 4.08. The van der Waals surface area contributed by atoms with Crippen molar-refractivity contribution in [2.75, 3.05) is 26.7 Å². The molecule has 0 spiro atoms. The molecular formula is C9H20N2. The third kappa shape index (κ3) is 3.21. The smallest absolute Gasteiger partial charge is 0.0236 e. The second kappa shape index (κ2) is 4.73. The lowest BCUT2D eigenvalue weighted by Gasteiger charge is -2.08. The van der Waals surface area contributed by atoms with Gasteiger partial charge >= 0.3 is 0 Å². The molecule has 2 heterocycles. The Morgan fingerprint density at radius 1 is 1.55 bits per heavy atom. The molecule has 2 unspecified atom stereocenters. The van der Waals surface area contributed by atoms with E-state index >= 15 is 0 Å². The molecule has 2 fully saturated rings. The van der Waals surface area contributed by atoms with Crippen molar-refractivity contribution >= 4 is 0 Å². The van der Waals surface area contributed by atoms with Gasteiger partial charge in [0, 0.05) is 19.1 Å². The van der Waals surface area contributed by atoms with E-state index in [1.807, 2.05) is 7.05 Å². The molecule has 0 amide bonds. The van der Waals surface area contributed by atoms with Crippen LogP contribution in [0.2, 0.25) is 0 Å². The molecule has 2 heteroatoms. The van der Waals surface area contributed by atoms with Crippen LogP contribution in [0.4, 0.5) is 0 Å². The van der Waals surface area contributed by atoms with Crippen molar-refractivity contribution in [1.82, 2.24) is 10.2 Å². The maximum absolute atomic E-state index is 3.07. The number of rotatable bonds is 3. The van der Waals surface area contributed by atoms with E-state index < -0.39 is 0 Å². The molecule has 2 rings (SSSR count). The third-order valence-electron chi connectivity index (χ3n) is 2.36. The van der Waals surface area contributed by atoms with Gasteiger partial charge in [-0.15, -0.1) is 0 Å². The molecule has 66 valence electrons. The number of nitrogens with zero attached hydrogens (tertiary/aromatic N) is 1. The highest BCUT2D eigenvalue weighted by molar-refractivity contribution is 4.98. The zero-order valence-electron chi connectivity index (χ0n) is 7.77. The summed E-state index contributed by atoms with van der Waals surface area (Å²) in [5.41, 5.74) is 0. The number of nitrogens with one attached hydrogen (secondary N) is 1. The summed E-state index contributed by atoms with van der Waals surface area (Å²) in [6, 6.07) is 1.06. The van der Waals surface area contributed by atoms with Crippen molar-refractivity contribution in [2.24, 2.45) is 0 Å². The molecular weight excluding hydrogens is 136 g/mol. The Hall–Kier alpha value is -0.0800. The zero-order valence-corrected chi connectivity index (χ0v) is 7.77. The van der Waals surface area contributed by atoms with Gasteiger partial charge in [-0.1, -0.05) is 13.3 Å². The van der Waals surface area contributed by atoms with Gasteiger partial charge in [-0.25, -0.2) is 0 Å². The average molecular weight is 156 g/mol. The van der Waals surface area contributed by atoms with Crippen LogP contribution in [0.25, 0.3) is 0 Å². The van der Waals surface area contributed by atoms with Crippen molar-refractivity contribution in [1.29, 1.82) is 0 Å². The minimum atomic E-state index is 1.06. The molecule has 0 aromatic carbocycles. The van der Waals surface area contributed by atoms with Gasteiger partial charge in [0.1, 0.15) is 0 Å². The van der Waals surface area contributed by atoms with E-state index in [2.05, 4.69) is 17.1 Å². The minimum Gasteiger partial charge on any atom is -0.320 e. The van der Waals surface area contributed by atoms with E-state index in [0.717, 1.165) is 12.6 Å². The summed E-state index contributed by atoms with van der Waals surface area (Å²) in [5.74, 6) is 0. The minimum absolute atomic E-state index is 1.06. The van der Waals surface area contributed by atoms with Gasteiger partial charge in [-0.05, 0) is 26.4 Å². The van der Waals surface area contributed by atoms with Gasteiger partial charge in [0.05, 0.1) is 0 Å². The van der Waals surface area contributed by atoms with E-state index in [0.29, 0.717) is 0 Å². The Balaban J connectivity index is 0.000000110. The Labute approximate surface area is 70.0 Å². The van der Waals surface area contributed by atoms with Crippen LogP contribution in [-0.4, -0.2) is 37.6 Å². The van der Waals surface area contributed by atoms with E-state index in [1.54, 1.807) is 0 Å². The summed E-state index contributed by atoms with van der Waals surface area (Å²) in [5, 5.41) is 3.07. The van der Waals surface area contributed by atoms with Gasteiger partial charge in [0.2, 0.25) is 0 Å². The highest BCUT2D eigenvalue weighted by Crippen LogP contribution is 2.30. The van der Waals surface area contributed by atoms with Gasteiger partial charge in [0.25, 0.3) is 0 Å². The average Bonchev–Trinajstić information content (AvgIpc) is 2.56.